The van der Waals surface area contributed by atoms with Crippen LogP contribution in [0, 0.1) is 0 Å². The van der Waals surface area contributed by atoms with Gasteiger partial charge < -0.3 is 23.7 Å². The zero-order valence-corrected chi connectivity index (χ0v) is 24.9. The van der Waals surface area contributed by atoms with Gasteiger partial charge >= 0.3 is 0 Å². The lowest BCUT2D eigenvalue weighted by Gasteiger charge is -2.37. The third-order valence-electron chi connectivity index (χ3n) is 8.08. The second-order valence-corrected chi connectivity index (χ2v) is 10.9. The summed E-state index contributed by atoms with van der Waals surface area (Å²) in [6, 6.07) is 51.3. The van der Waals surface area contributed by atoms with Crippen LogP contribution in [-0.2, 0) is 42.5 Å². The quantitative estimate of drug-likeness (QED) is 0.133. The lowest BCUT2D eigenvalue weighted by atomic mass is 9.80. The Morgan fingerprint density at radius 2 is 0.909 bits per heavy atom. The van der Waals surface area contributed by atoms with Crippen molar-refractivity contribution in [3.63, 3.8) is 0 Å². The van der Waals surface area contributed by atoms with Gasteiger partial charge in [-0.25, -0.2) is 0 Å². The van der Waals surface area contributed by atoms with Crippen LogP contribution in [0.2, 0.25) is 0 Å². The van der Waals surface area contributed by atoms with Crippen molar-refractivity contribution in [1.82, 2.24) is 0 Å². The molecule has 0 amide bonds. The number of rotatable bonds is 13. The Morgan fingerprint density at radius 1 is 0.523 bits per heavy atom. The Kier molecular flexibility index (Phi) is 9.93. The molecule has 0 N–H and O–H groups in total. The molecule has 0 radical (unpaired) electrons. The van der Waals surface area contributed by atoms with Gasteiger partial charge in [0.05, 0.1) is 19.8 Å². The van der Waals surface area contributed by atoms with E-state index in [0.29, 0.717) is 13.2 Å². The summed E-state index contributed by atoms with van der Waals surface area (Å²) in [5.41, 5.74) is 4.33. The molecule has 0 aromatic heterocycles. The fraction of sp³-hybridized carbons (Fsp3) is 0.231. The zero-order valence-electron chi connectivity index (χ0n) is 24.9. The topological polar surface area (TPSA) is 46.2 Å². The molecule has 4 unspecified atom stereocenters. The third-order valence-corrected chi connectivity index (χ3v) is 8.08. The lowest BCUT2D eigenvalue weighted by Crippen LogP contribution is -2.42. The minimum absolute atomic E-state index is 0.239. The van der Waals surface area contributed by atoms with Crippen LogP contribution in [-0.4, -0.2) is 38.3 Å². The van der Waals surface area contributed by atoms with Gasteiger partial charge in [-0.1, -0.05) is 152 Å². The van der Waals surface area contributed by atoms with Gasteiger partial charge in [-0.15, -0.1) is 0 Å². The minimum Gasteiger partial charge on any atom is -0.368 e. The first kappa shape index (κ1) is 29.9. The summed E-state index contributed by atoms with van der Waals surface area (Å²) >= 11 is 0. The first-order valence-corrected chi connectivity index (χ1v) is 15.1. The van der Waals surface area contributed by atoms with Crippen LogP contribution < -0.4 is 0 Å². The van der Waals surface area contributed by atoms with E-state index in [2.05, 4.69) is 48.5 Å². The maximum Gasteiger partial charge on any atom is 0.186 e. The zero-order chi connectivity index (χ0) is 30.0. The third kappa shape index (κ3) is 6.68. The second kappa shape index (κ2) is 14.6. The van der Waals surface area contributed by atoms with Gasteiger partial charge in [-0.2, -0.15) is 0 Å². The monoisotopic (exact) mass is 586 g/mol. The molecular weight excluding hydrogens is 548 g/mol. The molecule has 6 rings (SSSR count). The highest BCUT2D eigenvalue weighted by atomic mass is 16.7. The smallest absolute Gasteiger partial charge is 0.186 e. The molecule has 5 aromatic rings. The molecule has 224 valence electrons. The van der Waals surface area contributed by atoms with Gasteiger partial charge in [0.25, 0.3) is 0 Å². The van der Waals surface area contributed by atoms with Crippen molar-refractivity contribution < 1.29 is 23.7 Å². The minimum atomic E-state index is -0.886. The molecule has 5 aromatic carbocycles. The van der Waals surface area contributed by atoms with Crippen LogP contribution in [0.4, 0.5) is 0 Å². The first-order chi connectivity index (χ1) is 21.8. The predicted octanol–water partition coefficient (Wildman–Crippen LogP) is 7.54. The fourth-order valence-electron chi connectivity index (χ4n) is 5.90. The summed E-state index contributed by atoms with van der Waals surface area (Å²) in [6.45, 7) is 1.06. The molecule has 5 heteroatoms. The van der Waals surface area contributed by atoms with E-state index in [4.69, 9.17) is 23.7 Å². The van der Waals surface area contributed by atoms with E-state index in [0.717, 1.165) is 27.8 Å². The summed E-state index contributed by atoms with van der Waals surface area (Å²) in [6.07, 6.45) is -1.98. The van der Waals surface area contributed by atoms with Gasteiger partial charge in [-0.05, 0) is 27.8 Å². The van der Waals surface area contributed by atoms with Crippen molar-refractivity contribution in [3.05, 3.63) is 179 Å². The Morgan fingerprint density at radius 3 is 1.32 bits per heavy atom. The molecule has 1 aliphatic rings. The Hall–Kier alpha value is -4.10. The van der Waals surface area contributed by atoms with Crippen molar-refractivity contribution in [2.45, 2.75) is 43.4 Å². The highest BCUT2D eigenvalue weighted by Crippen LogP contribution is 2.41. The molecule has 4 atom stereocenters. The molecule has 1 heterocycles. The largest absolute Gasteiger partial charge is 0.368 e. The van der Waals surface area contributed by atoms with Gasteiger partial charge in [0, 0.05) is 7.11 Å². The molecule has 0 spiro atoms. The van der Waals surface area contributed by atoms with E-state index in [-0.39, 0.29) is 6.61 Å². The number of methoxy groups -OCH3 is 1. The van der Waals surface area contributed by atoms with Gasteiger partial charge in [0.15, 0.2) is 6.29 Å². The average Bonchev–Trinajstić information content (AvgIpc) is 3.45. The molecule has 5 nitrogen and oxygen atoms in total. The van der Waals surface area contributed by atoms with Crippen LogP contribution in [0.5, 0.6) is 0 Å². The highest BCUT2D eigenvalue weighted by molar-refractivity contribution is 5.47. The molecule has 1 fully saturated rings. The Labute approximate surface area is 260 Å². The summed E-state index contributed by atoms with van der Waals surface area (Å²) < 4.78 is 32.6. The number of hydrogen-bond donors (Lipinski definition) is 0. The Bertz CT molecular complexity index is 1430. The van der Waals surface area contributed by atoms with E-state index in [1.807, 2.05) is 103 Å². The van der Waals surface area contributed by atoms with Gasteiger partial charge in [-0.3, -0.25) is 0 Å². The van der Waals surface area contributed by atoms with Crippen LogP contribution >= 0.6 is 0 Å². The standard InChI is InChI=1S/C39H38O5/c1-40-38-37(42-28-31-19-9-3-10-20-31)36(41-27-30-17-7-2-8-18-30)35(44-38)29-43-39(32-21-11-4-12-22-32,33-23-13-5-14-24-33)34-25-15-6-16-26-34/h2-26,35-38H,27-29H2,1H3. The lowest BCUT2D eigenvalue weighted by molar-refractivity contribution is -0.173. The molecule has 0 aliphatic carbocycles. The van der Waals surface area contributed by atoms with Crippen molar-refractivity contribution >= 4 is 0 Å². The van der Waals surface area contributed by atoms with Crippen molar-refractivity contribution in [1.29, 1.82) is 0 Å². The van der Waals surface area contributed by atoms with E-state index in [1.165, 1.54) is 0 Å². The molecule has 0 saturated carbocycles. The normalized spacial score (nSPS) is 20.0. The van der Waals surface area contributed by atoms with Crippen LogP contribution in [0.25, 0.3) is 0 Å². The Balaban J connectivity index is 1.33. The summed E-state index contributed by atoms with van der Waals surface area (Å²) in [7, 11) is 1.64. The summed E-state index contributed by atoms with van der Waals surface area (Å²) in [4.78, 5) is 0. The summed E-state index contributed by atoms with van der Waals surface area (Å²) in [5.74, 6) is 0. The van der Waals surface area contributed by atoms with Crippen LogP contribution in [0.1, 0.15) is 27.8 Å². The van der Waals surface area contributed by atoms with E-state index in [9.17, 15) is 0 Å². The molecule has 0 bridgehead atoms. The second-order valence-electron chi connectivity index (χ2n) is 10.9. The number of hydrogen-bond acceptors (Lipinski definition) is 5. The number of benzene rings is 5. The molecule has 1 aliphatic heterocycles. The van der Waals surface area contributed by atoms with E-state index in [1.54, 1.807) is 7.11 Å². The summed E-state index contributed by atoms with van der Waals surface area (Å²) in [5, 5.41) is 0. The van der Waals surface area contributed by atoms with Crippen molar-refractivity contribution in [2.24, 2.45) is 0 Å². The first-order valence-electron chi connectivity index (χ1n) is 15.1. The fourth-order valence-corrected chi connectivity index (χ4v) is 5.90. The average molecular weight is 587 g/mol. The maximum atomic E-state index is 7.14. The van der Waals surface area contributed by atoms with Gasteiger partial charge in [0.2, 0.25) is 0 Å². The number of ether oxygens (including phenoxy) is 5. The van der Waals surface area contributed by atoms with E-state index < -0.39 is 30.2 Å². The van der Waals surface area contributed by atoms with Crippen molar-refractivity contribution in [3.8, 4) is 0 Å². The van der Waals surface area contributed by atoms with Gasteiger partial charge in [0.1, 0.15) is 23.9 Å². The maximum absolute atomic E-state index is 7.14. The molecule has 44 heavy (non-hydrogen) atoms. The van der Waals surface area contributed by atoms with Crippen molar-refractivity contribution in [2.75, 3.05) is 13.7 Å². The van der Waals surface area contributed by atoms with Crippen LogP contribution in [0.3, 0.4) is 0 Å². The predicted molar refractivity (Wildman–Crippen MR) is 171 cm³/mol. The van der Waals surface area contributed by atoms with Crippen LogP contribution in [0.15, 0.2) is 152 Å². The molecular formula is C39H38O5. The SMILES string of the molecule is COC1OC(COC(c2ccccc2)(c2ccccc2)c2ccccc2)C(OCc2ccccc2)C1OCc1ccccc1. The highest BCUT2D eigenvalue weighted by Gasteiger charge is 2.48. The molecule has 1 saturated heterocycles. The van der Waals surface area contributed by atoms with E-state index >= 15 is 0 Å².